The normalized spacial score (nSPS) is 11.2. The molecule has 4 aromatic rings. The minimum absolute atomic E-state index is 0.175. The highest BCUT2D eigenvalue weighted by molar-refractivity contribution is 7.98. The number of fused-ring (bicyclic) bond motifs is 1. The zero-order valence-electron chi connectivity index (χ0n) is 14.7. The first-order valence-corrected chi connectivity index (χ1v) is 9.24. The van der Waals surface area contributed by atoms with Crippen LogP contribution in [0.1, 0.15) is 16.7 Å². The van der Waals surface area contributed by atoms with E-state index in [0.29, 0.717) is 16.5 Å². The summed E-state index contributed by atoms with van der Waals surface area (Å²) in [6, 6.07) is 12.0. The average Bonchev–Trinajstić information content (AvgIpc) is 3.10. The molecule has 2 heterocycles. The Kier molecular flexibility index (Phi) is 4.41. The van der Waals surface area contributed by atoms with Crippen LogP contribution in [0.15, 0.2) is 56.8 Å². The SMILES string of the molecule is Cc1cc2oc(=O)cc(CSc3nnnn3-c3ccc(O)cc3)c2cc1C. The van der Waals surface area contributed by atoms with E-state index in [-0.39, 0.29) is 11.4 Å². The second kappa shape index (κ2) is 6.88. The molecule has 0 aliphatic heterocycles. The van der Waals surface area contributed by atoms with Gasteiger partial charge >= 0.3 is 5.63 Å². The molecule has 0 saturated carbocycles. The number of aryl methyl sites for hydroxylation is 2. The molecule has 0 atom stereocenters. The largest absolute Gasteiger partial charge is 0.508 e. The molecule has 1 N–H and O–H groups in total. The van der Waals surface area contributed by atoms with E-state index < -0.39 is 0 Å². The zero-order chi connectivity index (χ0) is 19.0. The number of nitrogens with zero attached hydrogens (tertiary/aromatic N) is 4. The highest BCUT2D eigenvalue weighted by Crippen LogP contribution is 2.28. The summed E-state index contributed by atoms with van der Waals surface area (Å²) < 4.78 is 6.94. The predicted molar refractivity (Wildman–Crippen MR) is 102 cm³/mol. The average molecular weight is 380 g/mol. The topological polar surface area (TPSA) is 94.0 Å². The highest BCUT2D eigenvalue weighted by atomic mass is 32.2. The molecule has 0 spiro atoms. The number of thioether (sulfide) groups is 1. The first-order valence-electron chi connectivity index (χ1n) is 8.26. The summed E-state index contributed by atoms with van der Waals surface area (Å²) in [6.45, 7) is 4.02. The lowest BCUT2D eigenvalue weighted by atomic mass is 10.0. The van der Waals surface area contributed by atoms with E-state index >= 15 is 0 Å². The van der Waals surface area contributed by atoms with E-state index in [0.717, 1.165) is 27.8 Å². The van der Waals surface area contributed by atoms with Gasteiger partial charge in [0, 0.05) is 17.2 Å². The van der Waals surface area contributed by atoms with Crippen LogP contribution in [-0.2, 0) is 5.75 Å². The van der Waals surface area contributed by atoms with Crippen LogP contribution in [0, 0.1) is 13.8 Å². The number of tetrazole rings is 1. The van der Waals surface area contributed by atoms with Crippen molar-refractivity contribution in [2.45, 2.75) is 24.8 Å². The summed E-state index contributed by atoms with van der Waals surface area (Å²) in [5, 5.41) is 22.7. The van der Waals surface area contributed by atoms with Gasteiger partial charge in [-0.15, -0.1) is 5.10 Å². The number of aromatic nitrogens is 4. The molecule has 27 heavy (non-hydrogen) atoms. The molecular weight excluding hydrogens is 364 g/mol. The van der Waals surface area contributed by atoms with Crippen molar-refractivity contribution in [3.05, 3.63) is 69.6 Å². The lowest BCUT2D eigenvalue weighted by molar-refractivity contribution is 0.475. The molecule has 136 valence electrons. The summed E-state index contributed by atoms with van der Waals surface area (Å²) in [6.07, 6.45) is 0. The van der Waals surface area contributed by atoms with E-state index in [9.17, 15) is 9.90 Å². The van der Waals surface area contributed by atoms with Crippen LogP contribution in [-0.4, -0.2) is 25.3 Å². The van der Waals surface area contributed by atoms with E-state index in [1.165, 1.54) is 17.8 Å². The molecule has 0 aliphatic rings. The van der Waals surface area contributed by atoms with Crippen LogP contribution < -0.4 is 5.63 Å². The predicted octanol–water partition coefficient (Wildman–Crippen LogP) is 3.38. The Bertz CT molecular complexity index is 1180. The Morgan fingerprint density at radius 1 is 1.11 bits per heavy atom. The zero-order valence-corrected chi connectivity index (χ0v) is 15.5. The molecule has 0 bridgehead atoms. The Morgan fingerprint density at radius 2 is 1.85 bits per heavy atom. The van der Waals surface area contributed by atoms with Gasteiger partial charge in [0.15, 0.2) is 0 Å². The van der Waals surface area contributed by atoms with Crippen molar-refractivity contribution in [1.29, 1.82) is 0 Å². The summed E-state index contributed by atoms with van der Waals surface area (Å²) in [5.41, 5.74) is 4.03. The van der Waals surface area contributed by atoms with Crippen LogP contribution >= 0.6 is 11.8 Å². The van der Waals surface area contributed by atoms with Gasteiger partial charge < -0.3 is 9.52 Å². The second-order valence-electron chi connectivity index (χ2n) is 6.20. The monoisotopic (exact) mass is 380 g/mol. The summed E-state index contributed by atoms with van der Waals surface area (Å²) >= 11 is 1.42. The Labute approximate surface area is 158 Å². The van der Waals surface area contributed by atoms with E-state index in [1.54, 1.807) is 28.9 Å². The number of phenols is 1. The van der Waals surface area contributed by atoms with Crippen molar-refractivity contribution in [1.82, 2.24) is 20.2 Å². The van der Waals surface area contributed by atoms with Gasteiger partial charge in [0.05, 0.1) is 5.69 Å². The minimum Gasteiger partial charge on any atom is -0.508 e. The lowest BCUT2D eigenvalue weighted by Crippen LogP contribution is -2.02. The Morgan fingerprint density at radius 3 is 2.63 bits per heavy atom. The number of hydrogen-bond donors (Lipinski definition) is 1. The summed E-state index contributed by atoms with van der Waals surface area (Å²) in [4.78, 5) is 11.9. The smallest absolute Gasteiger partial charge is 0.336 e. The maximum absolute atomic E-state index is 11.9. The summed E-state index contributed by atoms with van der Waals surface area (Å²) in [5.74, 6) is 0.692. The number of benzene rings is 2. The quantitative estimate of drug-likeness (QED) is 0.428. The molecule has 0 saturated heterocycles. The van der Waals surface area contributed by atoms with Crippen molar-refractivity contribution in [2.75, 3.05) is 0 Å². The van der Waals surface area contributed by atoms with Crippen LogP contribution in [0.4, 0.5) is 0 Å². The van der Waals surface area contributed by atoms with Gasteiger partial charge in [-0.25, -0.2) is 4.79 Å². The molecule has 0 radical (unpaired) electrons. The first-order chi connectivity index (χ1) is 13.0. The van der Waals surface area contributed by atoms with Gasteiger partial charge in [-0.05, 0) is 77.4 Å². The van der Waals surface area contributed by atoms with Gasteiger partial charge in [-0.1, -0.05) is 11.8 Å². The van der Waals surface area contributed by atoms with Crippen LogP contribution in [0.3, 0.4) is 0 Å². The van der Waals surface area contributed by atoms with E-state index in [1.807, 2.05) is 26.0 Å². The fourth-order valence-electron chi connectivity index (χ4n) is 2.77. The molecule has 8 heteroatoms. The second-order valence-corrected chi connectivity index (χ2v) is 7.14. The van der Waals surface area contributed by atoms with Gasteiger partial charge in [0.25, 0.3) is 0 Å². The third-order valence-electron chi connectivity index (χ3n) is 4.34. The van der Waals surface area contributed by atoms with Crippen molar-refractivity contribution < 1.29 is 9.52 Å². The maximum Gasteiger partial charge on any atom is 0.336 e. The standard InChI is InChI=1S/C19H16N4O3S/c1-11-7-16-13(9-18(25)26-17(16)8-12(11)2)10-27-19-20-21-22-23(19)14-3-5-15(24)6-4-14/h3-9,24H,10H2,1-2H3. The highest BCUT2D eigenvalue weighted by Gasteiger charge is 2.13. The van der Waals surface area contributed by atoms with Gasteiger partial charge in [0.1, 0.15) is 11.3 Å². The molecule has 0 aliphatic carbocycles. The molecule has 0 unspecified atom stereocenters. The third kappa shape index (κ3) is 3.43. The summed E-state index contributed by atoms with van der Waals surface area (Å²) in [7, 11) is 0. The molecule has 4 rings (SSSR count). The lowest BCUT2D eigenvalue weighted by Gasteiger charge is -2.08. The van der Waals surface area contributed by atoms with Crippen LogP contribution in [0.5, 0.6) is 5.75 Å². The number of rotatable bonds is 4. The molecule has 2 aromatic carbocycles. The molecule has 0 amide bonds. The van der Waals surface area contributed by atoms with Gasteiger partial charge in [-0.2, -0.15) is 4.68 Å². The molecule has 0 fully saturated rings. The van der Waals surface area contributed by atoms with Crippen molar-refractivity contribution >= 4 is 22.7 Å². The Balaban J connectivity index is 1.67. The van der Waals surface area contributed by atoms with Crippen LogP contribution in [0.2, 0.25) is 0 Å². The van der Waals surface area contributed by atoms with Gasteiger partial charge in [-0.3, -0.25) is 0 Å². The first kappa shape index (κ1) is 17.3. The fourth-order valence-corrected chi connectivity index (χ4v) is 3.65. The Hall–Kier alpha value is -3.13. The number of aromatic hydroxyl groups is 1. The van der Waals surface area contributed by atoms with Crippen LogP contribution in [0.25, 0.3) is 16.7 Å². The van der Waals surface area contributed by atoms with Crippen molar-refractivity contribution in [3.63, 3.8) is 0 Å². The fraction of sp³-hybridized carbons (Fsp3) is 0.158. The minimum atomic E-state index is -0.375. The van der Waals surface area contributed by atoms with E-state index in [2.05, 4.69) is 15.5 Å². The molecule has 7 nitrogen and oxygen atoms in total. The number of phenolic OH excluding ortho intramolecular Hbond substituents is 1. The van der Waals surface area contributed by atoms with E-state index in [4.69, 9.17) is 4.42 Å². The maximum atomic E-state index is 11.9. The molecule has 2 aromatic heterocycles. The van der Waals surface area contributed by atoms with Crippen molar-refractivity contribution in [2.24, 2.45) is 0 Å². The van der Waals surface area contributed by atoms with Gasteiger partial charge in [0.2, 0.25) is 5.16 Å². The third-order valence-corrected chi connectivity index (χ3v) is 5.30. The number of hydrogen-bond acceptors (Lipinski definition) is 7. The molecular formula is C19H16N4O3S. The van der Waals surface area contributed by atoms with Crippen molar-refractivity contribution in [3.8, 4) is 11.4 Å².